The predicted molar refractivity (Wildman–Crippen MR) is 132 cm³/mol. The van der Waals surface area contributed by atoms with Crippen molar-refractivity contribution < 1.29 is 13.9 Å². The van der Waals surface area contributed by atoms with Gasteiger partial charge in [-0.05, 0) is 53.9 Å². The SMILES string of the molecule is COCCCNC(=O)c1ccc(Cn2c(=O)c3ccccc3n(Cc3ccc(F)cc3)c2=O)cc1. The summed E-state index contributed by atoms with van der Waals surface area (Å²) in [6.45, 7) is 1.33. The first-order valence-corrected chi connectivity index (χ1v) is 11.3. The summed E-state index contributed by atoms with van der Waals surface area (Å²) in [5.41, 5.74) is 1.61. The third kappa shape index (κ3) is 5.55. The van der Waals surface area contributed by atoms with Crippen LogP contribution in [0.25, 0.3) is 10.9 Å². The average Bonchev–Trinajstić information content (AvgIpc) is 2.88. The number of nitrogens with one attached hydrogen (secondary N) is 1. The molecule has 0 radical (unpaired) electrons. The van der Waals surface area contributed by atoms with Crippen molar-refractivity contribution >= 4 is 16.8 Å². The smallest absolute Gasteiger partial charge is 0.332 e. The average molecular weight is 476 g/mol. The summed E-state index contributed by atoms with van der Waals surface area (Å²) < 4.78 is 21.0. The van der Waals surface area contributed by atoms with Gasteiger partial charge >= 0.3 is 5.69 Å². The molecular weight excluding hydrogens is 449 g/mol. The Labute approximate surface area is 201 Å². The summed E-state index contributed by atoms with van der Waals surface area (Å²) in [5, 5.41) is 3.24. The molecule has 3 aromatic carbocycles. The maximum atomic E-state index is 13.4. The molecule has 180 valence electrons. The number of halogens is 1. The molecule has 8 heteroatoms. The van der Waals surface area contributed by atoms with Gasteiger partial charge in [-0.1, -0.05) is 36.4 Å². The van der Waals surface area contributed by atoms with Crippen LogP contribution in [0.1, 0.15) is 27.9 Å². The van der Waals surface area contributed by atoms with Crippen molar-refractivity contribution in [3.8, 4) is 0 Å². The fourth-order valence-corrected chi connectivity index (χ4v) is 3.90. The zero-order valence-electron chi connectivity index (χ0n) is 19.4. The van der Waals surface area contributed by atoms with E-state index in [2.05, 4.69) is 5.32 Å². The molecule has 7 nitrogen and oxygen atoms in total. The van der Waals surface area contributed by atoms with Gasteiger partial charge in [0.05, 0.1) is 24.0 Å². The number of aromatic nitrogens is 2. The van der Waals surface area contributed by atoms with Crippen molar-refractivity contribution in [3.63, 3.8) is 0 Å². The molecule has 1 N–H and O–H groups in total. The lowest BCUT2D eigenvalue weighted by molar-refractivity contribution is 0.0948. The lowest BCUT2D eigenvalue weighted by atomic mass is 10.1. The molecule has 0 saturated carbocycles. The van der Waals surface area contributed by atoms with Crippen molar-refractivity contribution in [1.29, 1.82) is 0 Å². The number of fused-ring (bicyclic) bond motifs is 1. The van der Waals surface area contributed by atoms with E-state index in [0.29, 0.717) is 35.2 Å². The third-order valence-corrected chi connectivity index (χ3v) is 5.75. The predicted octanol–water partition coefficient (Wildman–Crippen LogP) is 3.17. The standard InChI is InChI=1S/C27H26FN3O4/c1-35-16-4-15-29-25(32)21-11-7-19(8-12-21)18-31-26(33)23-5-2-3-6-24(23)30(27(31)34)17-20-9-13-22(28)14-10-20/h2-3,5-14H,4,15-18H2,1H3,(H,29,32). The van der Waals surface area contributed by atoms with Gasteiger partial charge in [-0.15, -0.1) is 0 Å². The Morgan fingerprint density at radius 1 is 0.886 bits per heavy atom. The number of amides is 1. The minimum atomic E-state index is -0.460. The first kappa shape index (κ1) is 24.1. The second-order valence-corrected chi connectivity index (χ2v) is 8.20. The summed E-state index contributed by atoms with van der Waals surface area (Å²) in [4.78, 5) is 38.9. The zero-order valence-corrected chi connectivity index (χ0v) is 19.4. The summed E-state index contributed by atoms with van der Waals surface area (Å²) in [6, 6.07) is 19.7. The van der Waals surface area contributed by atoms with Crippen LogP contribution >= 0.6 is 0 Å². The molecule has 0 spiro atoms. The highest BCUT2D eigenvalue weighted by molar-refractivity contribution is 5.94. The maximum Gasteiger partial charge on any atom is 0.332 e. The van der Waals surface area contributed by atoms with Gasteiger partial charge in [-0.3, -0.25) is 18.7 Å². The van der Waals surface area contributed by atoms with Crippen LogP contribution in [-0.2, 0) is 17.8 Å². The number of ether oxygens (including phenoxy) is 1. The molecule has 0 fully saturated rings. The number of nitrogens with zero attached hydrogens (tertiary/aromatic N) is 2. The summed E-state index contributed by atoms with van der Waals surface area (Å²) in [7, 11) is 1.61. The molecule has 0 saturated heterocycles. The van der Waals surface area contributed by atoms with Gasteiger partial charge < -0.3 is 10.1 Å². The van der Waals surface area contributed by atoms with E-state index in [4.69, 9.17) is 4.74 Å². The summed E-state index contributed by atoms with van der Waals surface area (Å²) in [6.07, 6.45) is 0.718. The topological polar surface area (TPSA) is 82.3 Å². The molecule has 0 atom stereocenters. The van der Waals surface area contributed by atoms with E-state index < -0.39 is 5.69 Å². The number of para-hydroxylation sites is 1. The molecule has 35 heavy (non-hydrogen) atoms. The first-order chi connectivity index (χ1) is 17.0. The number of carbonyl (C=O) groups excluding carboxylic acids is 1. The van der Waals surface area contributed by atoms with Crippen molar-refractivity contribution in [2.75, 3.05) is 20.3 Å². The zero-order chi connectivity index (χ0) is 24.8. The van der Waals surface area contributed by atoms with Crippen LogP contribution in [0.15, 0.2) is 82.4 Å². The molecule has 0 unspecified atom stereocenters. The number of carbonyl (C=O) groups is 1. The number of hydrogen-bond donors (Lipinski definition) is 1. The van der Waals surface area contributed by atoms with E-state index >= 15 is 0 Å². The molecule has 0 aliphatic rings. The Balaban J connectivity index is 1.63. The van der Waals surface area contributed by atoms with Gasteiger partial charge in [-0.2, -0.15) is 0 Å². The van der Waals surface area contributed by atoms with E-state index in [-0.39, 0.29) is 30.4 Å². The van der Waals surface area contributed by atoms with Gasteiger partial charge in [0.25, 0.3) is 11.5 Å². The van der Waals surface area contributed by atoms with Crippen LogP contribution < -0.4 is 16.6 Å². The summed E-state index contributed by atoms with van der Waals surface area (Å²) >= 11 is 0. The van der Waals surface area contributed by atoms with Gasteiger partial charge in [-0.25, -0.2) is 9.18 Å². The molecule has 1 heterocycles. The van der Waals surface area contributed by atoms with Crippen molar-refractivity contribution in [2.45, 2.75) is 19.5 Å². The van der Waals surface area contributed by atoms with E-state index in [1.165, 1.54) is 21.3 Å². The van der Waals surface area contributed by atoms with E-state index in [9.17, 15) is 18.8 Å². The second kappa shape index (κ2) is 10.9. The van der Waals surface area contributed by atoms with Crippen LogP contribution in [0, 0.1) is 5.82 Å². The Morgan fingerprint density at radius 2 is 1.51 bits per heavy atom. The molecule has 1 amide bonds. The summed E-state index contributed by atoms with van der Waals surface area (Å²) in [5.74, 6) is -0.555. The minimum Gasteiger partial charge on any atom is -0.385 e. The molecule has 4 rings (SSSR count). The number of rotatable bonds is 9. The fraction of sp³-hybridized carbons (Fsp3) is 0.222. The second-order valence-electron chi connectivity index (χ2n) is 8.20. The Morgan fingerprint density at radius 3 is 2.20 bits per heavy atom. The lowest BCUT2D eigenvalue weighted by Gasteiger charge is -2.14. The van der Waals surface area contributed by atoms with Crippen LogP contribution in [0.4, 0.5) is 4.39 Å². The molecule has 0 aliphatic heterocycles. The molecule has 1 aromatic heterocycles. The lowest BCUT2D eigenvalue weighted by Crippen LogP contribution is -2.40. The number of benzene rings is 3. The van der Waals surface area contributed by atoms with Crippen LogP contribution in [-0.4, -0.2) is 35.3 Å². The Hall–Kier alpha value is -4.04. The highest BCUT2D eigenvalue weighted by atomic mass is 19.1. The van der Waals surface area contributed by atoms with E-state index in [0.717, 1.165) is 12.0 Å². The Bertz CT molecular complexity index is 1440. The van der Waals surface area contributed by atoms with Gasteiger partial charge in [0.2, 0.25) is 0 Å². The van der Waals surface area contributed by atoms with E-state index in [1.807, 2.05) is 0 Å². The number of hydrogen-bond acceptors (Lipinski definition) is 4. The van der Waals surface area contributed by atoms with Crippen molar-refractivity contribution in [3.05, 3.63) is 116 Å². The third-order valence-electron chi connectivity index (χ3n) is 5.75. The minimum absolute atomic E-state index is 0.0572. The molecule has 4 aromatic rings. The maximum absolute atomic E-state index is 13.4. The highest BCUT2D eigenvalue weighted by Crippen LogP contribution is 2.12. The van der Waals surface area contributed by atoms with Crippen LogP contribution in [0.3, 0.4) is 0 Å². The molecule has 0 aliphatic carbocycles. The quantitative estimate of drug-likeness (QED) is 0.377. The number of methoxy groups -OCH3 is 1. The van der Waals surface area contributed by atoms with Gasteiger partial charge in [0.1, 0.15) is 5.82 Å². The van der Waals surface area contributed by atoms with Crippen molar-refractivity contribution in [1.82, 2.24) is 14.5 Å². The molecular formula is C27H26FN3O4. The normalized spacial score (nSPS) is 11.0. The van der Waals surface area contributed by atoms with Gasteiger partial charge in [0, 0.05) is 25.8 Å². The van der Waals surface area contributed by atoms with Crippen LogP contribution in [0.5, 0.6) is 0 Å². The largest absolute Gasteiger partial charge is 0.385 e. The van der Waals surface area contributed by atoms with Crippen molar-refractivity contribution in [2.24, 2.45) is 0 Å². The highest BCUT2D eigenvalue weighted by Gasteiger charge is 2.14. The fourth-order valence-electron chi connectivity index (χ4n) is 3.90. The molecule has 0 bridgehead atoms. The monoisotopic (exact) mass is 475 g/mol. The first-order valence-electron chi connectivity index (χ1n) is 11.3. The Kier molecular flexibility index (Phi) is 7.52. The van der Waals surface area contributed by atoms with E-state index in [1.54, 1.807) is 67.8 Å². The van der Waals surface area contributed by atoms with Crippen LogP contribution in [0.2, 0.25) is 0 Å². The van der Waals surface area contributed by atoms with Gasteiger partial charge in [0.15, 0.2) is 0 Å².